The highest BCUT2D eigenvalue weighted by Crippen LogP contribution is 2.41. The van der Waals surface area contributed by atoms with Crippen LogP contribution in [0.2, 0.25) is 0 Å². The zero-order valence-corrected chi connectivity index (χ0v) is 19.3. The van der Waals surface area contributed by atoms with Crippen LogP contribution in [0.4, 0.5) is 11.6 Å². The predicted octanol–water partition coefficient (Wildman–Crippen LogP) is 4.82. The predicted molar refractivity (Wildman–Crippen MR) is 130 cm³/mol. The van der Waals surface area contributed by atoms with Crippen LogP contribution in [0.5, 0.6) is 5.75 Å². The first kappa shape index (κ1) is 21.2. The van der Waals surface area contributed by atoms with Gasteiger partial charge in [-0.2, -0.15) is 4.98 Å². The molecule has 1 aliphatic heterocycles. The van der Waals surface area contributed by atoms with Gasteiger partial charge in [-0.3, -0.25) is 4.79 Å². The third-order valence-corrected chi connectivity index (χ3v) is 6.53. The van der Waals surface area contributed by atoms with Crippen LogP contribution in [0.3, 0.4) is 0 Å². The Bertz CT molecular complexity index is 1210. The molecule has 3 aromatic rings. The minimum atomic E-state index is -0.324. The topological polar surface area (TPSA) is 72.3 Å². The van der Waals surface area contributed by atoms with Crippen LogP contribution in [0.1, 0.15) is 44.7 Å². The van der Waals surface area contributed by atoms with Crippen molar-refractivity contribution in [1.82, 2.24) is 14.8 Å². The van der Waals surface area contributed by atoms with E-state index < -0.39 is 0 Å². The molecule has 2 heterocycles. The van der Waals surface area contributed by atoms with E-state index in [1.807, 2.05) is 28.9 Å². The summed E-state index contributed by atoms with van der Waals surface area (Å²) < 4.78 is 7.31. The van der Waals surface area contributed by atoms with Gasteiger partial charge in [0.25, 0.3) is 0 Å². The summed E-state index contributed by atoms with van der Waals surface area (Å²) in [6.45, 7) is 6.24. The number of ether oxygens (including phenoxy) is 1. The van der Waals surface area contributed by atoms with E-state index in [1.54, 1.807) is 7.11 Å². The number of hydrogen-bond donors (Lipinski definition) is 1. The number of carbonyl (C=O) groups excluding carboxylic acids is 1. The molecule has 33 heavy (non-hydrogen) atoms. The molecule has 1 aliphatic carbocycles. The van der Waals surface area contributed by atoms with E-state index in [9.17, 15) is 4.79 Å². The molecule has 0 spiro atoms. The van der Waals surface area contributed by atoms with Crippen LogP contribution in [0.15, 0.2) is 59.8 Å². The van der Waals surface area contributed by atoms with Crippen molar-refractivity contribution in [2.45, 2.75) is 39.2 Å². The van der Waals surface area contributed by atoms with E-state index in [-0.39, 0.29) is 11.8 Å². The number of benzene rings is 2. The molecule has 1 N–H and O–H groups in total. The van der Waals surface area contributed by atoms with E-state index in [0.29, 0.717) is 18.2 Å². The molecule has 2 aromatic carbocycles. The molecular weight excluding hydrogens is 414 g/mol. The second-order valence-electron chi connectivity index (χ2n) is 8.40. The molecule has 1 unspecified atom stereocenters. The molecule has 1 atom stereocenters. The Balaban J connectivity index is 1.58. The van der Waals surface area contributed by atoms with E-state index >= 15 is 0 Å². The average Bonchev–Trinajstić information content (AvgIpc) is 3.28. The molecule has 7 heteroatoms. The van der Waals surface area contributed by atoms with E-state index in [2.05, 4.69) is 48.3 Å². The summed E-state index contributed by atoms with van der Waals surface area (Å²) in [5.41, 5.74) is 4.84. The van der Waals surface area contributed by atoms with E-state index in [4.69, 9.17) is 14.8 Å². The van der Waals surface area contributed by atoms with E-state index in [0.717, 1.165) is 54.1 Å². The van der Waals surface area contributed by atoms with Crippen molar-refractivity contribution in [3.05, 3.63) is 65.4 Å². The van der Waals surface area contributed by atoms with E-state index in [1.165, 1.54) is 5.69 Å². The third kappa shape index (κ3) is 3.77. The lowest BCUT2D eigenvalue weighted by Gasteiger charge is -2.32. The number of methoxy groups -OCH3 is 1. The van der Waals surface area contributed by atoms with Crippen molar-refractivity contribution < 1.29 is 9.53 Å². The van der Waals surface area contributed by atoms with Crippen molar-refractivity contribution in [3.8, 4) is 17.1 Å². The van der Waals surface area contributed by atoms with Gasteiger partial charge < -0.3 is 15.0 Å². The van der Waals surface area contributed by atoms with Crippen molar-refractivity contribution in [3.63, 3.8) is 0 Å². The molecule has 7 nitrogen and oxygen atoms in total. The van der Waals surface area contributed by atoms with Gasteiger partial charge in [0.15, 0.2) is 11.6 Å². The number of rotatable bonds is 6. The zero-order valence-electron chi connectivity index (χ0n) is 19.3. The molecule has 0 amide bonds. The number of nitrogens with zero attached hydrogens (tertiary/aromatic N) is 4. The first-order chi connectivity index (χ1) is 16.1. The summed E-state index contributed by atoms with van der Waals surface area (Å²) in [5, 5.41) is 8.28. The number of fused-ring (bicyclic) bond motifs is 1. The Morgan fingerprint density at radius 1 is 1.12 bits per heavy atom. The molecule has 1 aromatic heterocycles. The Kier molecular flexibility index (Phi) is 5.62. The van der Waals surface area contributed by atoms with Gasteiger partial charge >= 0.3 is 0 Å². The van der Waals surface area contributed by atoms with Gasteiger partial charge in [0.1, 0.15) is 11.8 Å². The van der Waals surface area contributed by atoms with Crippen molar-refractivity contribution in [2.24, 2.45) is 0 Å². The maximum absolute atomic E-state index is 13.0. The highest BCUT2D eigenvalue weighted by atomic mass is 16.5. The van der Waals surface area contributed by atoms with Crippen LogP contribution < -0.4 is 15.0 Å². The molecule has 0 radical (unpaired) electrons. The fourth-order valence-corrected chi connectivity index (χ4v) is 4.81. The minimum Gasteiger partial charge on any atom is -0.497 e. The number of carbonyl (C=O) groups is 1. The molecular formula is C26H29N5O2. The molecule has 0 bridgehead atoms. The normalized spacial score (nSPS) is 17.3. The second-order valence-corrected chi connectivity index (χ2v) is 8.40. The van der Waals surface area contributed by atoms with Crippen LogP contribution in [-0.4, -0.2) is 40.7 Å². The summed E-state index contributed by atoms with van der Waals surface area (Å²) in [7, 11) is 1.65. The quantitative estimate of drug-likeness (QED) is 0.589. The summed E-state index contributed by atoms with van der Waals surface area (Å²) in [5.74, 6) is 2.23. The summed E-state index contributed by atoms with van der Waals surface area (Å²) in [6.07, 6.45) is 2.25. The maximum Gasteiger partial charge on any atom is 0.226 e. The lowest BCUT2D eigenvalue weighted by molar-refractivity contribution is -0.116. The fraction of sp³-hybridized carbons (Fsp3) is 0.346. The average molecular weight is 444 g/mol. The number of ketones is 1. The number of anilines is 2. The highest BCUT2D eigenvalue weighted by Gasteiger charge is 2.37. The summed E-state index contributed by atoms with van der Waals surface area (Å²) in [6, 6.07) is 15.9. The number of allylic oxidation sites excluding steroid dienone is 2. The Morgan fingerprint density at radius 2 is 1.91 bits per heavy atom. The van der Waals surface area contributed by atoms with Crippen molar-refractivity contribution in [2.75, 3.05) is 30.4 Å². The number of hydrogen-bond acceptors (Lipinski definition) is 6. The van der Waals surface area contributed by atoms with Crippen LogP contribution in [0, 0.1) is 0 Å². The summed E-state index contributed by atoms with van der Waals surface area (Å²) in [4.78, 5) is 20.1. The SMILES string of the molecule is CCN(CC)c1ccc(-c2nc3n(n2)C(c2cccc(OC)c2)C2=C(CCCC2=O)N3)cc1. The highest BCUT2D eigenvalue weighted by molar-refractivity contribution is 5.99. The zero-order chi connectivity index (χ0) is 22.9. The van der Waals surface area contributed by atoms with Gasteiger partial charge in [-0.15, -0.1) is 5.10 Å². The van der Waals surface area contributed by atoms with Gasteiger partial charge in [-0.25, -0.2) is 4.68 Å². The Hall–Kier alpha value is -3.61. The van der Waals surface area contributed by atoms with Crippen molar-refractivity contribution in [1.29, 1.82) is 0 Å². The first-order valence-electron chi connectivity index (χ1n) is 11.6. The largest absolute Gasteiger partial charge is 0.497 e. The minimum absolute atomic E-state index is 0.169. The lowest BCUT2D eigenvalue weighted by Crippen LogP contribution is -2.31. The number of Topliss-reactive ketones (excluding diaryl/α,β-unsaturated/α-hetero) is 1. The molecule has 0 saturated heterocycles. The standard InChI is InChI=1S/C26H29N5O2/c1-4-30(5-2)19-14-12-17(13-15-19)25-28-26-27-21-10-7-11-22(32)23(21)24(31(26)29-25)18-8-6-9-20(16-18)33-3/h6,8-9,12-16,24H,4-5,7,10-11H2,1-3H3,(H,27,28,29). The summed E-state index contributed by atoms with van der Waals surface area (Å²) >= 11 is 0. The van der Waals surface area contributed by atoms with Crippen LogP contribution in [0.25, 0.3) is 11.4 Å². The van der Waals surface area contributed by atoms with Gasteiger partial charge in [0.2, 0.25) is 5.95 Å². The van der Waals surface area contributed by atoms with Gasteiger partial charge in [0.05, 0.1) is 7.11 Å². The fourth-order valence-electron chi connectivity index (χ4n) is 4.81. The second kappa shape index (κ2) is 8.73. The third-order valence-electron chi connectivity index (χ3n) is 6.53. The number of nitrogens with one attached hydrogen (secondary N) is 1. The molecule has 2 aliphatic rings. The van der Waals surface area contributed by atoms with Gasteiger partial charge in [0, 0.05) is 42.0 Å². The van der Waals surface area contributed by atoms with Crippen LogP contribution in [-0.2, 0) is 4.79 Å². The first-order valence-corrected chi connectivity index (χ1v) is 11.6. The molecule has 0 saturated carbocycles. The van der Waals surface area contributed by atoms with Gasteiger partial charge in [-0.1, -0.05) is 12.1 Å². The smallest absolute Gasteiger partial charge is 0.226 e. The van der Waals surface area contributed by atoms with Crippen LogP contribution >= 0.6 is 0 Å². The van der Waals surface area contributed by atoms with Crippen molar-refractivity contribution >= 4 is 17.4 Å². The maximum atomic E-state index is 13.0. The Morgan fingerprint density at radius 3 is 2.64 bits per heavy atom. The lowest BCUT2D eigenvalue weighted by atomic mass is 9.85. The molecule has 0 fully saturated rings. The Labute approximate surface area is 194 Å². The number of aromatic nitrogens is 3. The molecule has 5 rings (SSSR count). The van der Waals surface area contributed by atoms with Gasteiger partial charge in [-0.05, 0) is 68.7 Å². The molecule has 170 valence electrons. The monoisotopic (exact) mass is 443 g/mol.